The lowest BCUT2D eigenvalue weighted by Gasteiger charge is -2.17. The van der Waals surface area contributed by atoms with Crippen LogP contribution < -0.4 is 15.5 Å². The van der Waals surface area contributed by atoms with Crippen LogP contribution in [0.3, 0.4) is 0 Å². The molecule has 0 aromatic heterocycles. The summed E-state index contributed by atoms with van der Waals surface area (Å²) >= 11 is 5.82. The van der Waals surface area contributed by atoms with Crippen molar-refractivity contribution in [2.45, 2.75) is 25.5 Å². The van der Waals surface area contributed by atoms with Crippen LogP contribution in [0.5, 0.6) is 0 Å². The van der Waals surface area contributed by atoms with E-state index in [0.717, 1.165) is 5.69 Å². The second-order valence-electron chi connectivity index (χ2n) is 5.09. The average molecular weight is 312 g/mol. The van der Waals surface area contributed by atoms with Crippen molar-refractivity contribution in [2.24, 2.45) is 0 Å². The molecule has 0 radical (unpaired) electrons. The van der Waals surface area contributed by atoms with Gasteiger partial charge >= 0.3 is 6.03 Å². The molecule has 3 N–H and O–H groups in total. The number of amides is 3. The van der Waals surface area contributed by atoms with Crippen molar-refractivity contribution in [2.75, 3.05) is 18.0 Å². The molecular weight excluding hydrogens is 294 g/mol. The third-order valence-electron chi connectivity index (χ3n) is 3.16. The van der Waals surface area contributed by atoms with Crippen LogP contribution in [0.1, 0.15) is 13.3 Å². The Morgan fingerprint density at radius 1 is 1.48 bits per heavy atom. The van der Waals surface area contributed by atoms with E-state index >= 15 is 0 Å². The number of aliphatic hydroxyl groups is 1. The number of carbonyl (C=O) groups is 2. The summed E-state index contributed by atoms with van der Waals surface area (Å²) in [5.41, 5.74) is 0.762. The Bertz CT molecular complexity index is 519. The van der Waals surface area contributed by atoms with E-state index < -0.39 is 6.10 Å². The van der Waals surface area contributed by atoms with Crippen molar-refractivity contribution in [3.63, 3.8) is 0 Å². The molecule has 1 heterocycles. The predicted octanol–water partition coefficient (Wildman–Crippen LogP) is 1.13. The average Bonchev–Trinajstić information content (AvgIpc) is 2.78. The van der Waals surface area contributed by atoms with Crippen LogP contribution in [0.2, 0.25) is 5.02 Å². The highest BCUT2D eigenvalue weighted by Gasteiger charge is 2.31. The number of anilines is 1. The molecule has 6 nitrogen and oxygen atoms in total. The summed E-state index contributed by atoms with van der Waals surface area (Å²) in [4.78, 5) is 25.2. The first-order valence-electron chi connectivity index (χ1n) is 6.74. The van der Waals surface area contributed by atoms with Gasteiger partial charge in [-0.1, -0.05) is 11.6 Å². The van der Waals surface area contributed by atoms with Gasteiger partial charge in [0.2, 0.25) is 5.91 Å². The first-order chi connectivity index (χ1) is 9.95. The van der Waals surface area contributed by atoms with Crippen molar-refractivity contribution >= 4 is 29.2 Å². The maximum atomic E-state index is 12.0. The fraction of sp³-hybridized carbons (Fsp3) is 0.429. The van der Waals surface area contributed by atoms with E-state index in [-0.39, 0.29) is 30.9 Å². The minimum atomic E-state index is -0.605. The molecule has 21 heavy (non-hydrogen) atoms. The summed E-state index contributed by atoms with van der Waals surface area (Å²) in [5.74, 6) is -0.0434. The van der Waals surface area contributed by atoms with Crippen molar-refractivity contribution in [1.29, 1.82) is 0 Å². The SMILES string of the molecule is C[C@@H](O)CNC(=O)N[C@H]1CC(=O)N(c2ccc(Cl)cc2)C1. The van der Waals surface area contributed by atoms with Crippen LogP contribution in [-0.2, 0) is 4.79 Å². The standard InChI is InChI=1S/C14H18ClN3O3/c1-9(19)7-16-14(21)17-11-6-13(20)18(8-11)12-4-2-10(15)3-5-12/h2-5,9,11,19H,6-8H2,1H3,(H2,16,17,21)/t9-,11+/m1/s1. The van der Waals surface area contributed by atoms with E-state index in [1.165, 1.54) is 0 Å². The number of urea groups is 1. The maximum Gasteiger partial charge on any atom is 0.315 e. The normalized spacial score (nSPS) is 19.5. The van der Waals surface area contributed by atoms with Crippen molar-refractivity contribution in [1.82, 2.24) is 10.6 Å². The molecule has 1 aromatic carbocycles. The van der Waals surface area contributed by atoms with Crippen LogP contribution in [0.25, 0.3) is 0 Å². The predicted molar refractivity (Wildman–Crippen MR) is 80.4 cm³/mol. The van der Waals surface area contributed by atoms with E-state index in [0.29, 0.717) is 11.6 Å². The molecule has 3 amide bonds. The molecule has 0 aliphatic carbocycles. The van der Waals surface area contributed by atoms with Crippen LogP contribution in [0.4, 0.5) is 10.5 Å². The van der Waals surface area contributed by atoms with E-state index in [4.69, 9.17) is 16.7 Å². The Labute approximate surface area is 128 Å². The third-order valence-corrected chi connectivity index (χ3v) is 3.41. The van der Waals surface area contributed by atoms with Gasteiger partial charge in [0.1, 0.15) is 0 Å². The molecule has 0 saturated carbocycles. The van der Waals surface area contributed by atoms with Gasteiger partial charge in [0.15, 0.2) is 0 Å². The number of halogens is 1. The van der Waals surface area contributed by atoms with Gasteiger partial charge < -0.3 is 20.6 Å². The zero-order chi connectivity index (χ0) is 15.4. The molecule has 1 aliphatic heterocycles. The first kappa shape index (κ1) is 15.6. The van der Waals surface area contributed by atoms with Gasteiger partial charge in [-0.15, -0.1) is 0 Å². The Kier molecular flexibility index (Phi) is 5.03. The smallest absolute Gasteiger partial charge is 0.315 e. The quantitative estimate of drug-likeness (QED) is 0.779. The van der Waals surface area contributed by atoms with E-state index in [1.54, 1.807) is 36.1 Å². The second kappa shape index (κ2) is 6.78. The van der Waals surface area contributed by atoms with Crippen LogP contribution in [0, 0.1) is 0 Å². The number of nitrogens with one attached hydrogen (secondary N) is 2. The number of hydrogen-bond donors (Lipinski definition) is 3. The lowest BCUT2D eigenvalue weighted by atomic mass is 10.2. The second-order valence-corrected chi connectivity index (χ2v) is 5.52. The van der Waals surface area contributed by atoms with Crippen molar-refractivity contribution < 1.29 is 14.7 Å². The number of rotatable bonds is 4. The molecule has 114 valence electrons. The molecule has 2 rings (SSSR count). The number of benzene rings is 1. The summed E-state index contributed by atoms with van der Waals surface area (Å²) in [6.45, 7) is 2.18. The van der Waals surface area contributed by atoms with Gasteiger partial charge in [-0.2, -0.15) is 0 Å². The lowest BCUT2D eigenvalue weighted by molar-refractivity contribution is -0.117. The molecule has 0 unspecified atom stereocenters. The Balaban J connectivity index is 1.90. The fourth-order valence-electron chi connectivity index (χ4n) is 2.15. The summed E-state index contributed by atoms with van der Waals surface area (Å²) in [7, 11) is 0. The minimum absolute atomic E-state index is 0.0434. The molecular formula is C14H18ClN3O3. The largest absolute Gasteiger partial charge is 0.392 e. The molecule has 0 spiro atoms. The zero-order valence-electron chi connectivity index (χ0n) is 11.7. The number of nitrogens with zero attached hydrogens (tertiary/aromatic N) is 1. The highest BCUT2D eigenvalue weighted by Crippen LogP contribution is 2.23. The molecule has 1 aliphatic rings. The summed E-state index contributed by atoms with van der Waals surface area (Å²) in [5, 5.41) is 15.0. The van der Waals surface area contributed by atoms with Gasteiger partial charge in [-0.25, -0.2) is 4.79 Å². The fourth-order valence-corrected chi connectivity index (χ4v) is 2.28. The minimum Gasteiger partial charge on any atom is -0.392 e. The van der Waals surface area contributed by atoms with Gasteiger partial charge in [-0.3, -0.25) is 4.79 Å². The summed E-state index contributed by atoms with van der Waals surface area (Å²) in [6, 6.07) is 6.36. The number of carbonyl (C=O) groups excluding carboxylic acids is 2. The van der Waals surface area contributed by atoms with Crippen molar-refractivity contribution in [3.05, 3.63) is 29.3 Å². The number of aliphatic hydroxyl groups excluding tert-OH is 1. The molecule has 1 saturated heterocycles. The summed E-state index contributed by atoms with van der Waals surface area (Å²) < 4.78 is 0. The topological polar surface area (TPSA) is 81.7 Å². The molecule has 7 heteroatoms. The monoisotopic (exact) mass is 311 g/mol. The molecule has 1 fully saturated rings. The Hall–Kier alpha value is -1.79. The van der Waals surface area contributed by atoms with Crippen LogP contribution in [0.15, 0.2) is 24.3 Å². The first-order valence-corrected chi connectivity index (χ1v) is 7.12. The van der Waals surface area contributed by atoms with Gasteiger partial charge in [0.05, 0.1) is 12.1 Å². The molecule has 0 bridgehead atoms. The van der Waals surface area contributed by atoms with Crippen molar-refractivity contribution in [3.8, 4) is 0 Å². The maximum absolute atomic E-state index is 12.0. The van der Waals surface area contributed by atoms with Crippen LogP contribution in [-0.4, -0.2) is 42.3 Å². The zero-order valence-corrected chi connectivity index (χ0v) is 12.4. The lowest BCUT2D eigenvalue weighted by Crippen LogP contribution is -2.45. The third kappa shape index (κ3) is 4.34. The van der Waals surface area contributed by atoms with Gasteiger partial charge in [0, 0.05) is 30.2 Å². The van der Waals surface area contributed by atoms with Gasteiger partial charge in [-0.05, 0) is 31.2 Å². The van der Waals surface area contributed by atoms with E-state index in [2.05, 4.69) is 10.6 Å². The number of hydrogen-bond acceptors (Lipinski definition) is 3. The van der Waals surface area contributed by atoms with E-state index in [9.17, 15) is 9.59 Å². The Morgan fingerprint density at radius 2 is 2.14 bits per heavy atom. The Morgan fingerprint density at radius 3 is 2.76 bits per heavy atom. The molecule has 1 aromatic rings. The molecule has 2 atom stereocenters. The summed E-state index contributed by atoms with van der Waals surface area (Å²) in [6.07, 6.45) is -0.350. The van der Waals surface area contributed by atoms with Gasteiger partial charge in [0.25, 0.3) is 0 Å². The highest BCUT2D eigenvalue weighted by molar-refractivity contribution is 6.30. The van der Waals surface area contributed by atoms with E-state index in [1.807, 2.05) is 0 Å². The van der Waals surface area contributed by atoms with Crippen LogP contribution >= 0.6 is 11.6 Å². The highest BCUT2D eigenvalue weighted by atomic mass is 35.5.